The molecule has 0 bridgehead atoms. The number of hydrogen-bond donors (Lipinski definition) is 4. The lowest BCUT2D eigenvalue weighted by molar-refractivity contribution is -0.159. The van der Waals surface area contributed by atoms with E-state index in [-0.39, 0.29) is 11.9 Å². The van der Waals surface area contributed by atoms with Gasteiger partial charge in [-0.2, -0.15) is 0 Å². The van der Waals surface area contributed by atoms with Gasteiger partial charge in [-0.05, 0) is 6.42 Å². The average molecular weight is 190 g/mol. The molecule has 0 aromatic rings. The fourth-order valence-corrected chi connectivity index (χ4v) is 0.613. The second kappa shape index (κ2) is 5.09. The summed E-state index contributed by atoms with van der Waals surface area (Å²) in [5.74, 6) is -3.66. The molecule has 1 aliphatic heterocycles. The van der Waals surface area contributed by atoms with E-state index in [1.54, 1.807) is 0 Å². The topological polar surface area (TPSA) is 130 Å². The molecule has 5 N–H and O–H groups in total. The molecule has 13 heavy (non-hydrogen) atoms. The van der Waals surface area contributed by atoms with Gasteiger partial charge in [-0.25, -0.2) is 9.59 Å². The molecular formula is C6H10N2O5. The van der Waals surface area contributed by atoms with Crippen molar-refractivity contribution in [3.8, 4) is 0 Å². The molecule has 1 saturated heterocycles. The Kier molecular flexibility index (Phi) is 4.45. The van der Waals surface area contributed by atoms with Crippen LogP contribution in [0.1, 0.15) is 6.42 Å². The molecule has 0 aliphatic carbocycles. The van der Waals surface area contributed by atoms with Gasteiger partial charge in [0.05, 0.1) is 6.04 Å². The fourth-order valence-electron chi connectivity index (χ4n) is 0.613. The van der Waals surface area contributed by atoms with Crippen LogP contribution in [0.2, 0.25) is 0 Å². The Labute approximate surface area is 73.5 Å². The molecule has 1 rings (SSSR count). The van der Waals surface area contributed by atoms with Crippen LogP contribution in [0, 0.1) is 0 Å². The van der Waals surface area contributed by atoms with Crippen molar-refractivity contribution in [2.24, 2.45) is 5.73 Å². The van der Waals surface area contributed by atoms with E-state index in [1.807, 2.05) is 0 Å². The monoisotopic (exact) mass is 190 g/mol. The zero-order valence-electron chi connectivity index (χ0n) is 6.69. The van der Waals surface area contributed by atoms with Gasteiger partial charge in [0.1, 0.15) is 0 Å². The normalized spacial score (nSPS) is 19.8. The molecule has 0 saturated carbocycles. The number of carbonyl (C=O) groups excluding carboxylic acids is 1. The minimum atomic E-state index is -1.82. The Morgan fingerprint density at radius 3 is 1.92 bits per heavy atom. The maximum atomic E-state index is 10.3. The summed E-state index contributed by atoms with van der Waals surface area (Å²) in [6.45, 7) is 0.750. The van der Waals surface area contributed by atoms with Crippen LogP contribution >= 0.6 is 0 Å². The fraction of sp³-hybridized carbons (Fsp3) is 0.500. The summed E-state index contributed by atoms with van der Waals surface area (Å²) in [5.41, 5.74) is 5.27. The molecule has 0 spiro atoms. The molecule has 1 unspecified atom stereocenters. The molecule has 1 aliphatic rings. The third kappa shape index (κ3) is 4.75. The summed E-state index contributed by atoms with van der Waals surface area (Å²) < 4.78 is 0. The molecule has 1 fully saturated rings. The second-order valence-electron chi connectivity index (χ2n) is 2.30. The van der Waals surface area contributed by atoms with Crippen LogP contribution in [0.25, 0.3) is 0 Å². The Bertz CT molecular complexity index is 215. The SMILES string of the molecule is NC1CCNC1=O.O=C(O)C(=O)O. The van der Waals surface area contributed by atoms with Crippen molar-refractivity contribution in [1.29, 1.82) is 0 Å². The van der Waals surface area contributed by atoms with E-state index in [0.29, 0.717) is 0 Å². The molecule has 1 heterocycles. The van der Waals surface area contributed by atoms with E-state index in [0.717, 1.165) is 13.0 Å². The molecule has 7 heteroatoms. The second-order valence-corrected chi connectivity index (χ2v) is 2.30. The predicted molar refractivity (Wildman–Crippen MR) is 40.9 cm³/mol. The van der Waals surface area contributed by atoms with Gasteiger partial charge in [0, 0.05) is 6.54 Å². The number of aliphatic carboxylic acids is 2. The number of rotatable bonds is 0. The summed E-state index contributed by atoms with van der Waals surface area (Å²) in [6.07, 6.45) is 0.791. The Morgan fingerprint density at radius 1 is 1.38 bits per heavy atom. The van der Waals surface area contributed by atoms with Gasteiger partial charge in [0.2, 0.25) is 5.91 Å². The van der Waals surface area contributed by atoms with E-state index in [9.17, 15) is 4.79 Å². The Hall–Kier alpha value is -1.63. The third-order valence-corrected chi connectivity index (χ3v) is 1.27. The summed E-state index contributed by atoms with van der Waals surface area (Å²) in [6, 6.07) is -0.236. The third-order valence-electron chi connectivity index (χ3n) is 1.27. The summed E-state index contributed by atoms with van der Waals surface area (Å²) in [4.78, 5) is 28.5. The minimum absolute atomic E-state index is 0.0139. The zero-order chi connectivity index (χ0) is 10.4. The van der Waals surface area contributed by atoms with E-state index in [4.69, 9.17) is 25.5 Å². The first-order valence-electron chi connectivity index (χ1n) is 3.44. The van der Waals surface area contributed by atoms with Gasteiger partial charge in [-0.1, -0.05) is 0 Å². The number of carboxylic acid groups (broad SMARTS) is 2. The highest BCUT2D eigenvalue weighted by atomic mass is 16.4. The number of nitrogens with two attached hydrogens (primary N) is 1. The lowest BCUT2D eigenvalue weighted by Crippen LogP contribution is -2.29. The van der Waals surface area contributed by atoms with Crippen LogP contribution in [0.5, 0.6) is 0 Å². The lowest BCUT2D eigenvalue weighted by Gasteiger charge is -1.91. The Balaban J connectivity index is 0.000000226. The minimum Gasteiger partial charge on any atom is -0.473 e. The first-order valence-corrected chi connectivity index (χ1v) is 3.44. The molecule has 0 radical (unpaired) electrons. The number of carbonyl (C=O) groups is 3. The molecular weight excluding hydrogens is 180 g/mol. The van der Waals surface area contributed by atoms with Crippen molar-refractivity contribution in [3.05, 3.63) is 0 Å². The van der Waals surface area contributed by atoms with Gasteiger partial charge in [0.25, 0.3) is 0 Å². The van der Waals surface area contributed by atoms with Crippen molar-refractivity contribution in [2.75, 3.05) is 6.54 Å². The summed E-state index contributed by atoms with van der Waals surface area (Å²) in [7, 11) is 0. The quantitative estimate of drug-likeness (QED) is 0.326. The van der Waals surface area contributed by atoms with E-state index < -0.39 is 11.9 Å². The van der Waals surface area contributed by atoms with Crippen LogP contribution in [-0.2, 0) is 14.4 Å². The molecule has 1 atom stereocenters. The summed E-state index contributed by atoms with van der Waals surface area (Å²) in [5, 5.41) is 17.4. The predicted octanol–water partition coefficient (Wildman–Crippen LogP) is -2.01. The van der Waals surface area contributed by atoms with Gasteiger partial charge >= 0.3 is 11.9 Å². The van der Waals surface area contributed by atoms with Crippen LogP contribution in [-0.4, -0.2) is 40.6 Å². The first-order chi connectivity index (χ1) is 5.95. The van der Waals surface area contributed by atoms with Gasteiger partial charge in [-0.3, -0.25) is 4.79 Å². The van der Waals surface area contributed by atoms with Crippen LogP contribution < -0.4 is 11.1 Å². The highest BCUT2D eigenvalue weighted by Crippen LogP contribution is 1.92. The molecule has 0 aromatic carbocycles. The first kappa shape index (κ1) is 11.4. The smallest absolute Gasteiger partial charge is 0.414 e. The number of hydrogen-bond acceptors (Lipinski definition) is 4. The zero-order valence-corrected chi connectivity index (χ0v) is 6.69. The van der Waals surface area contributed by atoms with Gasteiger partial charge in [0.15, 0.2) is 0 Å². The highest BCUT2D eigenvalue weighted by molar-refractivity contribution is 6.27. The van der Waals surface area contributed by atoms with Gasteiger partial charge in [-0.15, -0.1) is 0 Å². The standard InChI is InChI=1S/C4H8N2O.C2H2O4/c5-3-1-2-6-4(3)7;3-1(4)2(5)6/h3H,1-2,5H2,(H,6,7);(H,3,4)(H,5,6). The Morgan fingerprint density at radius 2 is 1.85 bits per heavy atom. The highest BCUT2D eigenvalue weighted by Gasteiger charge is 2.18. The number of nitrogens with one attached hydrogen (secondary N) is 1. The van der Waals surface area contributed by atoms with Crippen molar-refractivity contribution in [3.63, 3.8) is 0 Å². The molecule has 7 nitrogen and oxygen atoms in total. The van der Waals surface area contributed by atoms with E-state index in [2.05, 4.69) is 5.32 Å². The molecule has 1 amide bonds. The van der Waals surface area contributed by atoms with Crippen molar-refractivity contribution in [2.45, 2.75) is 12.5 Å². The summed E-state index contributed by atoms with van der Waals surface area (Å²) >= 11 is 0. The maximum absolute atomic E-state index is 10.3. The van der Waals surface area contributed by atoms with Crippen LogP contribution in [0.3, 0.4) is 0 Å². The van der Waals surface area contributed by atoms with E-state index in [1.165, 1.54) is 0 Å². The van der Waals surface area contributed by atoms with Crippen molar-refractivity contribution < 1.29 is 24.6 Å². The number of carboxylic acids is 2. The van der Waals surface area contributed by atoms with Crippen molar-refractivity contribution in [1.82, 2.24) is 5.32 Å². The van der Waals surface area contributed by atoms with Crippen LogP contribution in [0.15, 0.2) is 0 Å². The van der Waals surface area contributed by atoms with E-state index >= 15 is 0 Å². The largest absolute Gasteiger partial charge is 0.473 e. The molecule has 0 aromatic heterocycles. The van der Waals surface area contributed by atoms with Crippen LogP contribution in [0.4, 0.5) is 0 Å². The maximum Gasteiger partial charge on any atom is 0.414 e. The number of amides is 1. The van der Waals surface area contributed by atoms with Gasteiger partial charge < -0.3 is 21.3 Å². The molecule has 74 valence electrons. The van der Waals surface area contributed by atoms with Crippen molar-refractivity contribution >= 4 is 17.8 Å². The lowest BCUT2D eigenvalue weighted by atomic mass is 10.3. The average Bonchev–Trinajstić information content (AvgIpc) is 2.37.